The normalized spacial score (nSPS) is 11.1. The first-order valence-corrected chi connectivity index (χ1v) is 7.41. The molecule has 0 aliphatic rings. The molecule has 100 valence electrons. The van der Waals surface area contributed by atoms with E-state index in [2.05, 4.69) is 27.2 Å². The second kappa shape index (κ2) is 11.6. The zero-order valence-corrected chi connectivity index (χ0v) is 11.8. The van der Waals surface area contributed by atoms with Crippen molar-refractivity contribution in [1.29, 1.82) is 0 Å². The summed E-state index contributed by atoms with van der Waals surface area (Å²) in [7, 11) is 0. The minimum absolute atomic E-state index is 0.0334. The van der Waals surface area contributed by atoms with Crippen molar-refractivity contribution in [1.82, 2.24) is 16.0 Å². The standard InChI is InChI=1S/C11H24N4OS/c1-4-6-13-10(16)9-15-11(12-5-2)14-7-8-17-3/h4-9H2,1-3H3,(H,13,16)(H2,12,14,15). The molecule has 17 heavy (non-hydrogen) atoms. The van der Waals surface area contributed by atoms with E-state index in [4.69, 9.17) is 0 Å². The van der Waals surface area contributed by atoms with E-state index in [-0.39, 0.29) is 12.5 Å². The summed E-state index contributed by atoms with van der Waals surface area (Å²) >= 11 is 1.77. The van der Waals surface area contributed by atoms with Crippen LogP contribution in [-0.4, -0.2) is 50.1 Å². The third-order valence-corrected chi connectivity index (χ3v) is 2.51. The number of nitrogens with zero attached hydrogens (tertiary/aromatic N) is 1. The van der Waals surface area contributed by atoms with Gasteiger partial charge in [-0.15, -0.1) is 0 Å². The average Bonchev–Trinajstić information content (AvgIpc) is 2.33. The molecule has 0 saturated heterocycles. The highest BCUT2D eigenvalue weighted by molar-refractivity contribution is 7.98. The first kappa shape index (κ1) is 16.1. The van der Waals surface area contributed by atoms with Crippen LogP contribution < -0.4 is 16.0 Å². The molecule has 0 aliphatic carbocycles. The van der Waals surface area contributed by atoms with E-state index in [0.717, 1.165) is 25.3 Å². The van der Waals surface area contributed by atoms with Gasteiger partial charge in [0.2, 0.25) is 5.91 Å². The first-order valence-electron chi connectivity index (χ1n) is 6.02. The molecule has 0 aliphatic heterocycles. The largest absolute Gasteiger partial charge is 0.357 e. The molecule has 5 nitrogen and oxygen atoms in total. The fourth-order valence-electron chi connectivity index (χ4n) is 1.08. The summed E-state index contributed by atoms with van der Waals surface area (Å²) in [4.78, 5) is 15.6. The Morgan fingerprint density at radius 1 is 1.18 bits per heavy atom. The molecule has 6 heteroatoms. The van der Waals surface area contributed by atoms with Gasteiger partial charge in [-0.2, -0.15) is 11.8 Å². The summed E-state index contributed by atoms with van der Waals surface area (Å²) in [5, 5.41) is 9.07. The number of carbonyl (C=O) groups is 1. The Labute approximate surface area is 108 Å². The van der Waals surface area contributed by atoms with E-state index in [0.29, 0.717) is 12.5 Å². The number of rotatable bonds is 8. The zero-order valence-electron chi connectivity index (χ0n) is 11.0. The number of carbonyl (C=O) groups excluding carboxylic acids is 1. The number of hydrogen-bond donors (Lipinski definition) is 3. The lowest BCUT2D eigenvalue weighted by Crippen LogP contribution is -2.39. The van der Waals surface area contributed by atoms with Gasteiger partial charge in [0.1, 0.15) is 6.54 Å². The van der Waals surface area contributed by atoms with Gasteiger partial charge in [-0.1, -0.05) is 6.92 Å². The van der Waals surface area contributed by atoms with Gasteiger partial charge >= 0.3 is 0 Å². The highest BCUT2D eigenvalue weighted by atomic mass is 32.2. The highest BCUT2D eigenvalue weighted by Gasteiger charge is 2.00. The van der Waals surface area contributed by atoms with Gasteiger partial charge in [0.15, 0.2) is 5.96 Å². The van der Waals surface area contributed by atoms with Crippen LogP contribution in [-0.2, 0) is 4.79 Å². The monoisotopic (exact) mass is 260 g/mol. The van der Waals surface area contributed by atoms with E-state index < -0.39 is 0 Å². The minimum atomic E-state index is -0.0334. The molecule has 3 N–H and O–H groups in total. The molecule has 0 radical (unpaired) electrons. The van der Waals surface area contributed by atoms with E-state index in [1.807, 2.05) is 13.8 Å². The third kappa shape index (κ3) is 9.99. The van der Waals surface area contributed by atoms with E-state index in [1.54, 1.807) is 11.8 Å². The Bertz CT molecular complexity index is 234. The second-order valence-electron chi connectivity index (χ2n) is 3.46. The molecule has 0 unspecified atom stereocenters. The molecule has 0 rings (SSSR count). The maximum Gasteiger partial charge on any atom is 0.241 e. The van der Waals surface area contributed by atoms with Gasteiger partial charge in [-0.3, -0.25) is 4.79 Å². The van der Waals surface area contributed by atoms with Crippen molar-refractivity contribution in [3.8, 4) is 0 Å². The van der Waals surface area contributed by atoms with Gasteiger partial charge in [-0.05, 0) is 19.6 Å². The average molecular weight is 260 g/mol. The van der Waals surface area contributed by atoms with Crippen molar-refractivity contribution in [2.75, 3.05) is 38.2 Å². The molecule has 0 atom stereocenters. The Morgan fingerprint density at radius 2 is 1.94 bits per heavy atom. The molecule has 0 bridgehead atoms. The fraction of sp³-hybridized carbons (Fsp3) is 0.818. The molecule has 0 saturated carbocycles. The maximum atomic E-state index is 11.4. The Balaban J connectivity index is 3.96. The minimum Gasteiger partial charge on any atom is -0.357 e. The number of hydrogen-bond acceptors (Lipinski definition) is 3. The lowest BCUT2D eigenvalue weighted by Gasteiger charge is -2.10. The van der Waals surface area contributed by atoms with Crippen LogP contribution in [0, 0.1) is 0 Å². The number of aliphatic imine (C=N–C) groups is 1. The molecule has 1 amide bonds. The lowest BCUT2D eigenvalue weighted by molar-refractivity contribution is -0.119. The Kier molecular flexibility index (Phi) is 11.0. The number of nitrogens with one attached hydrogen (secondary N) is 3. The van der Waals surface area contributed by atoms with Crippen LogP contribution in [0.1, 0.15) is 20.3 Å². The van der Waals surface area contributed by atoms with Crippen LogP contribution in [0.4, 0.5) is 0 Å². The quantitative estimate of drug-likeness (QED) is 0.336. The van der Waals surface area contributed by atoms with Crippen LogP contribution in [0.25, 0.3) is 0 Å². The van der Waals surface area contributed by atoms with Gasteiger partial charge in [-0.25, -0.2) is 4.99 Å². The molecule has 0 aromatic rings. The van der Waals surface area contributed by atoms with Gasteiger partial charge < -0.3 is 16.0 Å². The summed E-state index contributed by atoms with van der Waals surface area (Å²) in [6, 6.07) is 0. The second-order valence-corrected chi connectivity index (χ2v) is 4.45. The summed E-state index contributed by atoms with van der Waals surface area (Å²) in [5.74, 6) is 1.69. The molecular formula is C11H24N4OS. The molecule has 0 aromatic carbocycles. The van der Waals surface area contributed by atoms with Crippen molar-refractivity contribution in [3.63, 3.8) is 0 Å². The summed E-state index contributed by atoms with van der Waals surface area (Å²) in [6.07, 6.45) is 3.01. The van der Waals surface area contributed by atoms with E-state index in [1.165, 1.54) is 0 Å². The molecule has 0 spiro atoms. The van der Waals surface area contributed by atoms with Crippen LogP contribution in [0.5, 0.6) is 0 Å². The van der Waals surface area contributed by atoms with Crippen molar-refractivity contribution in [2.45, 2.75) is 20.3 Å². The van der Waals surface area contributed by atoms with Crippen LogP contribution in [0.15, 0.2) is 4.99 Å². The molecule has 0 heterocycles. The number of thioether (sulfide) groups is 1. The van der Waals surface area contributed by atoms with Crippen molar-refractivity contribution in [3.05, 3.63) is 0 Å². The molecular weight excluding hydrogens is 236 g/mol. The van der Waals surface area contributed by atoms with Gasteiger partial charge in [0.05, 0.1) is 0 Å². The fourth-order valence-corrected chi connectivity index (χ4v) is 1.39. The maximum absolute atomic E-state index is 11.4. The van der Waals surface area contributed by atoms with Crippen molar-refractivity contribution >= 4 is 23.6 Å². The van der Waals surface area contributed by atoms with Crippen molar-refractivity contribution < 1.29 is 4.79 Å². The third-order valence-electron chi connectivity index (χ3n) is 1.90. The number of amides is 1. The Hall–Kier alpha value is -0.910. The van der Waals surface area contributed by atoms with E-state index in [9.17, 15) is 4.79 Å². The first-order chi connectivity index (χ1) is 8.24. The van der Waals surface area contributed by atoms with Crippen LogP contribution >= 0.6 is 11.8 Å². The SMILES string of the molecule is CCCNC(=O)CN=C(NCC)NCCSC. The molecule has 0 fully saturated rings. The Morgan fingerprint density at radius 3 is 2.53 bits per heavy atom. The van der Waals surface area contributed by atoms with E-state index >= 15 is 0 Å². The topological polar surface area (TPSA) is 65.5 Å². The summed E-state index contributed by atoms with van der Waals surface area (Å²) < 4.78 is 0. The zero-order chi connectivity index (χ0) is 12.9. The summed E-state index contributed by atoms with van der Waals surface area (Å²) in [6.45, 7) is 6.56. The van der Waals surface area contributed by atoms with Crippen LogP contribution in [0.3, 0.4) is 0 Å². The van der Waals surface area contributed by atoms with Gasteiger partial charge in [0.25, 0.3) is 0 Å². The van der Waals surface area contributed by atoms with Gasteiger partial charge in [0, 0.05) is 25.4 Å². The predicted molar refractivity (Wildman–Crippen MR) is 75.7 cm³/mol. The summed E-state index contributed by atoms with van der Waals surface area (Å²) in [5.41, 5.74) is 0. The van der Waals surface area contributed by atoms with Crippen molar-refractivity contribution in [2.24, 2.45) is 4.99 Å². The lowest BCUT2D eigenvalue weighted by atomic mass is 10.4. The smallest absolute Gasteiger partial charge is 0.241 e. The molecule has 0 aromatic heterocycles. The van der Waals surface area contributed by atoms with Crippen LogP contribution in [0.2, 0.25) is 0 Å². The predicted octanol–water partition coefficient (Wildman–Crippen LogP) is 0.431. The highest BCUT2D eigenvalue weighted by Crippen LogP contribution is 1.87. The number of guanidine groups is 1.